The van der Waals surface area contributed by atoms with Crippen LogP contribution >= 0.6 is 11.8 Å². The Hall–Kier alpha value is -1.01. The molecule has 0 saturated heterocycles. The van der Waals surface area contributed by atoms with E-state index in [1.54, 1.807) is 12.4 Å². The van der Waals surface area contributed by atoms with Crippen LogP contribution in [-0.2, 0) is 0 Å². The van der Waals surface area contributed by atoms with Gasteiger partial charge in [-0.05, 0) is 30.3 Å². The van der Waals surface area contributed by atoms with Gasteiger partial charge in [-0.2, -0.15) is 5.26 Å². The van der Waals surface area contributed by atoms with E-state index in [-0.39, 0.29) is 1.43 Å². The Morgan fingerprint density at radius 1 is 0.857 bits per heavy atom. The highest BCUT2D eigenvalue weighted by molar-refractivity contribution is 8.03. The van der Waals surface area contributed by atoms with E-state index < -0.39 is 0 Å². The summed E-state index contributed by atoms with van der Waals surface area (Å²) >= 11 is 1.39. The Morgan fingerprint density at radius 2 is 1.38 bits per heavy atom. The van der Waals surface area contributed by atoms with Crippen molar-refractivity contribution in [1.29, 1.82) is 5.26 Å². The number of hydrogen-bond acceptors (Lipinski definition) is 3. The highest BCUT2D eigenvalue weighted by Crippen LogP contribution is 2.11. The quantitative estimate of drug-likeness (QED) is 0.355. The SMILES string of the molecule is CCCCCCCCCCCCSC#N.[H+].c1ccncc1. The van der Waals surface area contributed by atoms with E-state index >= 15 is 0 Å². The van der Waals surface area contributed by atoms with Crippen LogP contribution in [0, 0.1) is 10.7 Å². The molecule has 0 aliphatic carbocycles. The van der Waals surface area contributed by atoms with E-state index in [4.69, 9.17) is 5.26 Å². The molecule has 1 aromatic rings. The molecular formula is C18H31N2S+. The number of pyridine rings is 1. The topological polar surface area (TPSA) is 36.7 Å². The number of aromatic nitrogens is 1. The Bertz CT molecular complexity index is 301. The molecule has 0 fully saturated rings. The number of hydrogen-bond donors (Lipinski definition) is 0. The predicted molar refractivity (Wildman–Crippen MR) is 95.3 cm³/mol. The normalized spacial score (nSPS) is 9.52. The minimum atomic E-state index is 0. The molecule has 0 bridgehead atoms. The Labute approximate surface area is 136 Å². The van der Waals surface area contributed by atoms with Crippen LogP contribution in [0.1, 0.15) is 72.6 Å². The first-order valence-electron chi connectivity index (χ1n) is 8.27. The number of unbranched alkanes of at least 4 members (excludes halogenated alkanes) is 9. The van der Waals surface area contributed by atoms with E-state index in [0.29, 0.717) is 0 Å². The van der Waals surface area contributed by atoms with E-state index in [9.17, 15) is 0 Å². The van der Waals surface area contributed by atoms with Gasteiger partial charge in [-0.15, -0.1) is 0 Å². The molecule has 0 aromatic carbocycles. The monoisotopic (exact) mass is 307 g/mol. The lowest BCUT2D eigenvalue weighted by molar-refractivity contribution is 0.563. The van der Waals surface area contributed by atoms with Gasteiger partial charge < -0.3 is 0 Å². The number of thiocyanates is 1. The molecule has 1 heterocycles. The van der Waals surface area contributed by atoms with Gasteiger partial charge >= 0.3 is 1.43 Å². The van der Waals surface area contributed by atoms with Gasteiger partial charge in [0.25, 0.3) is 0 Å². The largest absolute Gasteiger partial charge is 1.00 e. The molecule has 1 aromatic heterocycles. The molecule has 0 N–H and O–H groups in total. The fraction of sp³-hybridized carbons (Fsp3) is 0.667. The maximum atomic E-state index is 8.32. The van der Waals surface area contributed by atoms with Gasteiger partial charge in [0, 0.05) is 18.1 Å². The lowest BCUT2D eigenvalue weighted by Crippen LogP contribution is -1.82. The van der Waals surface area contributed by atoms with Crippen LogP contribution in [0.5, 0.6) is 0 Å². The van der Waals surface area contributed by atoms with E-state index in [0.717, 1.165) is 5.75 Å². The minimum absolute atomic E-state index is 0. The lowest BCUT2D eigenvalue weighted by atomic mass is 10.1. The van der Waals surface area contributed by atoms with Crippen molar-refractivity contribution in [2.24, 2.45) is 0 Å². The molecule has 1 rings (SSSR count). The van der Waals surface area contributed by atoms with Crippen LogP contribution in [0.3, 0.4) is 0 Å². The zero-order valence-electron chi connectivity index (χ0n) is 14.5. The first kappa shape index (κ1) is 20.0. The third kappa shape index (κ3) is 19.0. The summed E-state index contributed by atoms with van der Waals surface area (Å²) in [5.74, 6) is 1.02. The second kappa shape index (κ2) is 19.0. The van der Waals surface area contributed by atoms with Gasteiger partial charge in [-0.3, -0.25) is 4.98 Å². The van der Waals surface area contributed by atoms with Crippen molar-refractivity contribution in [2.45, 2.75) is 71.1 Å². The average Bonchev–Trinajstić information content (AvgIpc) is 2.55. The number of nitriles is 1. The third-order valence-corrected chi connectivity index (χ3v) is 3.85. The maximum absolute atomic E-state index is 8.32. The highest BCUT2D eigenvalue weighted by atomic mass is 32.2. The molecule has 3 heteroatoms. The zero-order chi connectivity index (χ0) is 15.4. The molecule has 0 spiro atoms. The lowest BCUT2D eigenvalue weighted by Gasteiger charge is -2.01. The summed E-state index contributed by atoms with van der Waals surface area (Å²) in [6, 6.07) is 5.72. The van der Waals surface area contributed by atoms with Crippen molar-refractivity contribution in [2.75, 3.05) is 5.75 Å². The van der Waals surface area contributed by atoms with Gasteiger partial charge in [0.2, 0.25) is 0 Å². The van der Waals surface area contributed by atoms with Crippen LogP contribution in [0.4, 0.5) is 0 Å². The predicted octanol–water partition coefficient (Wildman–Crippen LogP) is 6.32. The first-order valence-corrected chi connectivity index (χ1v) is 9.26. The summed E-state index contributed by atoms with van der Waals surface area (Å²) in [5.41, 5.74) is 0. The molecule has 118 valence electrons. The van der Waals surface area contributed by atoms with Crippen LogP contribution in [0.2, 0.25) is 0 Å². The fourth-order valence-electron chi connectivity index (χ4n) is 2.02. The van der Waals surface area contributed by atoms with Gasteiger partial charge in [-0.1, -0.05) is 70.8 Å². The average molecular weight is 308 g/mol. The van der Waals surface area contributed by atoms with Crippen molar-refractivity contribution >= 4 is 11.8 Å². The van der Waals surface area contributed by atoms with Gasteiger partial charge in [0.15, 0.2) is 0 Å². The molecule has 0 saturated carbocycles. The summed E-state index contributed by atoms with van der Waals surface area (Å²) in [5, 5.41) is 10.4. The molecule has 0 radical (unpaired) electrons. The number of rotatable bonds is 11. The maximum Gasteiger partial charge on any atom is 1.00 e. The van der Waals surface area contributed by atoms with Gasteiger partial charge in [0.1, 0.15) is 5.40 Å². The zero-order valence-corrected chi connectivity index (χ0v) is 14.3. The number of nitrogens with zero attached hydrogens (tertiary/aromatic N) is 2. The summed E-state index contributed by atoms with van der Waals surface area (Å²) < 4.78 is 0. The van der Waals surface area contributed by atoms with Crippen molar-refractivity contribution in [1.82, 2.24) is 4.98 Å². The standard InChI is InChI=1S/C13H25NS.C5H5N/c1-2-3-4-5-6-7-8-9-10-11-12-15-13-14;1-2-4-6-5-3-1/h2-12H2,1H3;1-5H/p+1. The van der Waals surface area contributed by atoms with Crippen LogP contribution in [0.25, 0.3) is 0 Å². The Balaban J connectivity index is 0. The molecule has 0 unspecified atom stereocenters. The summed E-state index contributed by atoms with van der Waals surface area (Å²) in [4.78, 5) is 3.78. The van der Waals surface area contributed by atoms with Gasteiger partial charge in [0.05, 0.1) is 0 Å². The second-order valence-electron chi connectivity index (χ2n) is 5.15. The van der Waals surface area contributed by atoms with E-state index in [1.807, 2.05) is 18.2 Å². The van der Waals surface area contributed by atoms with E-state index in [2.05, 4.69) is 17.3 Å². The van der Waals surface area contributed by atoms with Crippen molar-refractivity contribution < 1.29 is 1.43 Å². The minimum Gasteiger partial charge on any atom is -0.265 e. The van der Waals surface area contributed by atoms with Crippen LogP contribution in [0.15, 0.2) is 30.6 Å². The second-order valence-corrected chi connectivity index (χ2v) is 6.03. The molecule has 0 amide bonds. The summed E-state index contributed by atoms with van der Waals surface area (Å²) in [7, 11) is 0. The van der Waals surface area contributed by atoms with Crippen LogP contribution < -0.4 is 0 Å². The van der Waals surface area contributed by atoms with E-state index in [1.165, 1.54) is 76.0 Å². The van der Waals surface area contributed by atoms with Crippen molar-refractivity contribution in [3.8, 4) is 5.40 Å². The third-order valence-electron chi connectivity index (χ3n) is 3.23. The molecular weight excluding hydrogens is 276 g/mol. The molecule has 0 atom stereocenters. The Kier molecular flexibility index (Phi) is 18.1. The Morgan fingerprint density at radius 3 is 1.76 bits per heavy atom. The first-order chi connectivity index (χ1) is 10.4. The van der Waals surface area contributed by atoms with Crippen molar-refractivity contribution in [3.63, 3.8) is 0 Å². The summed E-state index contributed by atoms with van der Waals surface area (Å²) in [6.07, 6.45) is 17.2. The van der Waals surface area contributed by atoms with Crippen LogP contribution in [-0.4, -0.2) is 10.7 Å². The molecule has 2 nitrogen and oxygen atoms in total. The highest BCUT2D eigenvalue weighted by Gasteiger charge is 1.92. The van der Waals surface area contributed by atoms with Gasteiger partial charge in [-0.25, -0.2) is 0 Å². The molecule has 0 aliphatic heterocycles. The molecule has 0 aliphatic rings. The molecule has 21 heavy (non-hydrogen) atoms. The summed E-state index contributed by atoms with van der Waals surface area (Å²) in [6.45, 7) is 2.26. The smallest absolute Gasteiger partial charge is 0.265 e. The number of thioether (sulfide) groups is 1. The fourth-order valence-corrected chi connectivity index (χ4v) is 2.46. The van der Waals surface area contributed by atoms with Crippen molar-refractivity contribution in [3.05, 3.63) is 30.6 Å².